The quantitative estimate of drug-likeness (QED) is 0.753. The normalized spacial score (nSPS) is 35.8. The highest BCUT2D eigenvalue weighted by Gasteiger charge is 2.42. The average Bonchev–Trinajstić information content (AvgIpc) is 2.61. The van der Waals surface area contributed by atoms with Crippen molar-refractivity contribution in [3.8, 4) is 0 Å². The summed E-state index contributed by atoms with van der Waals surface area (Å²) in [4.78, 5) is 16.3. The number of nitrogens with zero attached hydrogens (tertiary/aromatic N) is 1. The topological polar surface area (TPSA) is 47.0 Å². The van der Waals surface area contributed by atoms with Gasteiger partial charge in [-0.15, -0.1) is 0 Å². The Balaban J connectivity index is 1.79. The number of rotatable bonds is 2. The van der Waals surface area contributed by atoms with Gasteiger partial charge in [0.05, 0.1) is 0 Å². The van der Waals surface area contributed by atoms with E-state index in [0.717, 1.165) is 25.7 Å². The zero-order valence-corrected chi connectivity index (χ0v) is 10.4. The van der Waals surface area contributed by atoms with Crippen molar-refractivity contribution in [1.82, 2.24) is 4.98 Å². The van der Waals surface area contributed by atoms with Gasteiger partial charge in [-0.3, -0.25) is 14.0 Å². The van der Waals surface area contributed by atoms with Gasteiger partial charge in [0.15, 0.2) is 5.78 Å². The van der Waals surface area contributed by atoms with Crippen molar-refractivity contribution in [3.05, 3.63) is 30.1 Å². The smallest absolute Gasteiger partial charge is 0.167 e. The van der Waals surface area contributed by atoms with Crippen LogP contribution in [0.4, 0.5) is 0 Å². The molecule has 1 aromatic rings. The molecule has 1 aromatic heterocycles. The Morgan fingerprint density at radius 1 is 1.29 bits per heavy atom. The van der Waals surface area contributed by atoms with Gasteiger partial charge in [0.1, 0.15) is 0 Å². The molecule has 3 rings (SSSR count). The molecule has 0 N–H and O–H groups in total. The van der Waals surface area contributed by atoms with E-state index in [-0.39, 0.29) is 22.2 Å². The van der Waals surface area contributed by atoms with Crippen LogP contribution in [0.5, 0.6) is 0 Å². The zero-order valence-electron chi connectivity index (χ0n) is 9.54. The van der Waals surface area contributed by atoms with Gasteiger partial charge < -0.3 is 0 Å². The second-order valence-corrected chi connectivity index (χ2v) is 6.91. The molecule has 17 heavy (non-hydrogen) atoms. The first kappa shape index (κ1) is 11.1. The highest BCUT2D eigenvalue weighted by atomic mass is 32.2. The molecule has 0 saturated carbocycles. The predicted molar refractivity (Wildman–Crippen MR) is 66.2 cm³/mol. The minimum atomic E-state index is -0.680. The van der Waals surface area contributed by atoms with E-state index in [4.69, 9.17) is 0 Å². The third kappa shape index (κ3) is 1.95. The van der Waals surface area contributed by atoms with E-state index >= 15 is 0 Å². The van der Waals surface area contributed by atoms with Crippen molar-refractivity contribution >= 4 is 16.6 Å². The minimum absolute atomic E-state index is 0.0643. The highest BCUT2D eigenvalue weighted by molar-refractivity contribution is 7.86. The van der Waals surface area contributed by atoms with Gasteiger partial charge in [-0.2, -0.15) is 0 Å². The van der Waals surface area contributed by atoms with E-state index in [1.807, 2.05) is 6.07 Å². The predicted octanol–water partition coefficient (Wildman–Crippen LogP) is 1.95. The molecule has 0 aromatic carbocycles. The molecule has 90 valence electrons. The minimum Gasteiger partial charge on any atom is -0.294 e. The molecule has 3 nitrogen and oxygen atoms in total. The third-order valence-electron chi connectivity index (χ3n) is 3.88. The van der Waals surface area contributed by atoms with E-state index in [1.54, 1.807) is 18.5 Å². The fraction of sp³-hybridized carbons (Fsp3) is 0.538. The summed E-state index contributed by atoms with van der Waals surface area (Å²) in [5.74, 6) is 0.251. The molecular formula is C13H15NO2S. The van der Waals surface area contributed by atoms with Gasteiger partial charge in [0.2, 0.25) is 0 Å². The summed E-state index contributed by atoms with van der Waals surface area (Å²) >= 11 is 0. The van der Waals surface area contributed by atoms with Crippen molar-refractivity contribution < 1.29 is 9.00 Å². The summed E-state index contributed by atoms with van der Waals surface area (Å²) in [5, 5.41) is 0.527. The number of fused-ring (bicyclic) bond motifs is 2. The van der Waals surface area contributed by atoms with Crippen molar-refractivity contribution in [2.75, 3.05) is 0 Å². The Morgan fingerprint density at radius 3 is 2.59 bits per heavy atom. The fourth-order valence-electron chi connectivity index (χ4n) is 2.99. The Bertz CT molecular complexity index is 444. The average molecular weight is 249 g/mol. The van der Waals surface area contributed by atoms with Crippen LogP contribution in [0.1, 0.15) is 36.0 Å². The van der Waals surface area contributed by atoms with Crippen LogP contribution in [0.2, 0.25) is 0 Å². The molecule has 2 unspecified atom stereocenters. The van der Waals surface area contributed by atoms with Crippen LogP contribution in [0.15, 0.2) is 24.5 Å². The highest BCUT2D eigenvalue weighted by Crippen LogP contribution is 2.39. The van der Waals surface area contributed by atoms with Gasteiger partial charge in [-0.25, -0.2) is 0 Å². The second kappa shape index (κ2) is 4.33. The van der Waals surface area contributed by atoms with E-state index in [1.165, 1.54) is 0 Å². The van der Waals surface area contributed by atoms with Crippen LogP contribution < -0.4 is 0 Å². The molecule has 0 spiro atoms. The van der Waals surface area contributed by atoms with E-state index in [0.29, 0.717) is 5.56 Å². The molecule has 2 fully saturated rings. The lowest BCUT2D eigenvalue weighted by molar-refractivity contribution is 0.0906. The maximum absolute atomic E-state index is 12.3. The molecule has 2 aliphatic rings. The van der Waals surface area contributed by atoms with Crippen LogP contribution in [0.25, 0.3) is 0 Å². The van der Waals surface area contributed by atoms with Crippen molar-refractivity contribution in [2.45, 2.75) is 36.2 Å². The first-order chi connectivity index (χ1) is 8.25. The number of aromatic nitrogens is 1. The summed E-state index contributed by atoms with van der Waals surface area (Å²) in [6.45, 7) is 0. The molecule has 3 heterocycles. The molecule has 0 aliphatic carbocycles. The lowest BCUT2D eigenvalue weighted by Gasteiger charge is -2.26. The van der Waals surface area contributed by atoms with Gasteiger partial charge in [0, 0.05) is 45.2 Å². The Morgan fingerprint density at radius 2 is 2.00 bits per heavy atom. The largest absolute Gasteiger partial charge is 0.294 e. The number of hydrogen-bond acceptors (Lipinski definition) is 3. The Hall–Kier alpha value is -1.03. The first-order valence-electron chi connectivity index (χ1n) is 6.09. The van der Waals surface area contributed by atoms with Crippen LogP contribution in [-0.4, -0.2) is 25.5 Å². The summed E-state index contributed by atoms with van der Waals surface area (Å²) in [5.41, 5.74) is 0.699. The van der Waals surface area contributed by atoms with Gasteiger partial charge in [-0.1, -0.05) is 0 Å². The fourth-order valence-corrected chi connectivity index (χ4v) is 5.12. The van der Waals surface area contributed by atoms with Crippen LogP contribution in [0.3, 0.4) is 0 Å². The number of carbonyl (C=O) groups excluding carboxylic acids is 1. The summed E-state index contributed by atoms with van der Waals surface area (Å²) in [7, 11) is -0.680. The summed E-state index contributed by atoms with van der Waals surface area (Å²) < 4.78 is 11.9. The van der Waals surface area contributed by atoms with Crippen molar-refractivity contribution in [1.29, 1.82) is 0 Å². The van der Waals surface area contributed by atoms with Gasteiger partial charge >= 0.3 is 0 Å². The van der Waals surface area contributed by atoms with E-state index < -0.39 is 10.8 Å². The molecular weight excluding hydrogens is 234 g/mol. The van der Waals surface area contributed by atoms with Crippen LogP contribution in [-0.2, 0) is 10.8 Å². The van der Waals surface area contributed by atoms with Crippen molar-refractivity contribution in [3.63, 3.8) is 0 Å². The second-order valence-electron chi connectivity index (χ2n) is 4.92. The number of ketones is 1. The molecule has 2 atom stereocenters. The molecule has 2 bridgehead atoms. The SMILES string of the molecule is O=C(c1cccnc1)C1CC2CCC(C1)S2=O. The van der Waals surface area contributed by atoms with E-state index in [2.05, 4.69) is 4.98 Å². The maximum Gasteiger partial charge on any atom is 0.167 e. The monoisotopic (exact) mass is 249 g/mol. The molecule has 0 radical (unpaired) electrons. The number of pyridine rings is 1. The van der Waals surface area contributed by atoms with Crippen LogP contribution in [0, 0.1) is 5.92 Å². The molecule has 2 aliphatic heterocycles. The Kier molecular flexibility index (Phi) is 2.82. The van der Waals surface area contributed by atoms with E-state index in [9.17, 15) is 9.00 Å². The lowest BCUT2D eigenvalue weighted by atomic mass is 9.91. The molecule has 4 heteroatoms. The summed E-state index contributed by atoms with van der Waals surface area (Å²) in [6, 6.07) is 3.62. The molecule has 0 amide bonds. The van der Waals surface area contributed by atoms with Gasteiger partial charge in [0.25, 0.3) is 0 Å². The van der Waals surface area contributed by atoms with Gasteiger partial charge in [-0.05, 0) is 37.8 Å². The maximum atomic E-state index is 12.3. The summed E-state index contributed by atoms with van der Waals surface area (Å²) in [6.07, 6.45) is 6.99. The first-order valence-corrected chi connectivity index (χ1v) is 7.37. The third-order valence-corrected chi connectivity index (χ3v) is 6.05. The standard InChI is InChI=1S/C13H15NO2S/c15-13(9-2-1-5-14-8-9)10-6-11-3-4-12(7-10)17(11)16/h1-2,5,8,10-12H,3-4,6-7H2. The van der Waals surface area contributed by atoms with Crippen LogP contribution >= 0.6 is 0 Å². The number of Topliss-reactive ketones (excluding diaryl/α,β-unsaturated/α-hetero) is 1. The Labute approximate surface area is 103 Å². The number of hydrogen-bond donors (Lipinski definition) is 0. The number of carbonyl (C=O) groups is 1. The van der Waals surface area contributed by atoms with Crippen molar-refractivity contribution in [2.24, 2.45) is 5.92 Å². The lowest BCUT2D eigenvalue weighted by Crippen LogP contribution is -2.32. The molecule has 2 saturated heterocycles. The zero-order chi connectivity index (χ0) is 11.8.